The van der Waals surface area contributed by atoms with E-state index in [1.807, 2.05) is 0 Å². The van der Waals surface area contributed by atoms with Gasteiger partial charge in [-0.3, -0.25) is 0 Å². The van der Waals surface area contributed by atoms with E-state index in [1.165, 1.54) is 0 Å². The largest absolute Gasteiger partial charge is 5.00 e. The molecule has 0 aliphatic carbocycles. The molecule has 0 atom stereocenters. The zero-order chi connectivity index (χ0) is 0. The molecule has 0 aromatic carbocycles. The van der Waals surface area contributed by atoms with Gasteiger partial charge in [-0.25, -0.2) is 0 Å². The fourth-order valence-electron chi connectivity index (χ4n) is 0. The molecule has 0 rings (SSSR count). The van der Waals surface area contributed by atoms with Crippen LogP contribution in [0.4, 0.5) is 0 Å². The molecule has 42 valence electrons. The number of hydrogen-bond donors (Lipinski definition) is 0. The molecular formula is AgMgO4V. The summed E-state index contributed by atoms with van der Waals surface area (Å²) in [6.07, 6.45) is 0. The van der Waals surface area contributed by atoms with Crippen LogP contribution in [0.5, 0.6) is 0 Å². The second kappa shape index (κ2) is 102. The summed E-state index contributed by atoms with van der Waals surface area (Å²) < 4.78 is 0. The van der Waals surface area contributed by atoms with E-state index in [4.69, 9.17) is 0 Å². The molecule has 0 heterocycles. The Labute approximate surface area is 85.2 Å². The second-order valence-electron chi connectivity index (χ2n) is 0. The molecule has 0 amide bonds. The predicted octanol–water partition coefficient (Wildman–Crippen LogP) is -0.861. The molecule has 0 radical (unpaired) electrons. The fraction of sp³-hybridized carbons (Fsp3) is 0. The maximum atomic E-state index is 0. The van der Waals surface area contributed by atoms with E-state index in [0.717, 1.165) is 0 Å². The van der Waals surface area contributed by atoms with E-state index < -0.39 is 0 Å². The molecule has 0 aromatic heterocycles. The van der Waals surface area contributed by atoms with Gasteiger partial charge in [0.2, 0.25) is 0 Å². The van der Waals surface area contributed by atoms with Crippen molar-refractivity contribution in [1.29, 1.82) is 0 Å². The van der Waals surface area contributed by atoms with Crippen LogP contribution in [0, 0.1) is 0 Å². The normalized spacial score (nSPS) is 0. The minimum Gasteiger partial charge on any atom is -2.00 e. The monoisotopic (exact) mass is 246 g/mol. The van der Waals surface area contributed by atoms with Crippen molar-refractivity contribution >= 4 is 23.1 Å². The van der Waals surface area contributed by atoms with Crippen LogP contribution in [0.2, 0.25) is 0 Å². The minimum atomic E-state index is 0. The molecule has 0 aliphatic rings. The van der Waals surface area contributed by atoms with E-state index >= 15 is 0 Å². The third-order valence-corrected chi connectivity index (χ3v) is 0. The summed E-state index contributed by atoms with van der Waals surface area (Å²) in [5.74, 6) is 0. The molecule has 0 saturated carbocycles. The van der Waals surface area contributed by atoms with Gasteiger partial charge >= 0.3 is 64.0 Å². The minimum absolute atomic E-state index is 0. The van der Waals surface area contributed by atoms with Gasteiger partial charge < -0.3 is 21.9 Å². The second-order valence-corrected chi connectivity index (χ2v) is 0. The van der Waals surface area contributed by atoms with Gasteiger partial charge in [0.25, 0.3) is 0 Å². The van der Waals surface area contributed by atoms with Crippen LogP contribution < -0.4 is 0 Å². The first-order valence-electron chi connectivity index (χ1n) is 0. The third kappa shape index (κ3) is 74.8. The van der Waals surface area contributed by atoms with Gasteiger partial charge in [-0.15, -0.1) is 0 Å². The molecule has 0 fully saturated rings. The Morgan fingerprint density at radius 3 is 0.571 bits per heavy atom. The summed E-state index contributed by atoms with van der Waals surface area (Å²) in [5.41, 5.74) is 0. The Morgan fingerprint density at radius 2 is 0.571 bits per heavy atom. The Morgan fingerprint density at radius 1 is 0.571 bits per heavy atom. The van der Waals surface area contributed by atoms with Gasteiger partial charge in [-0.05, 0) is 0 Å². The van der Waals surface area contributed by atoms with Crippen LogP contribution >= 0.6 is 0 Å². The first-order valence-corrected chi connectivity index (χ1v) is 0. The van der Waals surface area contributed by atoms with Crippen molar-refractivity contribution in [1.82, 2.24) is 0 Å². The average Bonchev–Trinajstić information content (AvgIpc) is 0. The first-order chi connectivity index (χ1) is 0. The van der Waals surface area contributed by atoms with Crippen LogP contribution in [-0.4, -0.2) is 23.1 Å². The van der Waals surface area contributed by atoms with Crippen molar-refractivity contribution in [2.75, 3.05) is 0 Å². The molecule has 0 saturated heterocycles. The molecule has 0 N–H and O–H groups in total. The number of hydrogen-bond acceptors (Lipinski definition) is 0. The molecule has 7 heteroatoms. The predicted molar refractivity (Wildman–Crippen MR) is 8.50 cm³/mol. The zero-order valence-electron chi connectivity index (χ0n) is 3.09. The molecule has 0 spiro atoms. The summed E-state index contributed by atoms with van der Waals surface area (Å²) >= 11 is 0. The average molecular weight is 247 g/mol. The van der Waals surface area contributed by atoms with Crippen LogP contribution in [0.25, 0.3) is 0 Å². The van der Waals surface area contributed by atoms with Crippen molar-refractivity contribution in [3.63, 3.8) is 0 Å². The Kier molecular flexibility index (Phi) is 2200. The fourth-order valence-corrected chi connectivity index (χ4v) is 0. The van der Waals surface area contributed by atoms with E-state index in [0.29, 0.717) is 0 Å². The smallest absolute Gasteiger partial charge is 2.00 e. The standard InChI is InChI=1S/Ag.Mg.4O.V/q+1;+2;4*-2;+5. The van der Waals surface area contributed by atoms with Crippen LogP contribution in [0.3, 0.4) is 0 Å². The molecule has 4 nitrogen and oxygen atoms in total. The summed E-state index contributed by atoms with van der Waals surface area (Å²) in [6.45, 7) is 0. The van der Waals surface area contributed by atoms with Gasteiger partial charge in [0.15, 0.2) is 0 Å². The quantitative estimate of drug-likeness (QED) is 0.495. The van der Waals surface area contributed by atoms with Crippen molar-refractivity contribution in [3.05, 3.63) is 0 Å². The van der Waals surface area contributed by atoms with E-state index in [2.05, 4.69) is 0 Å². The molecule has 7 heavy (non-hydrogen) atoms. The van der Waals surface area contributed by atoms with Crippen molar-refractivity contribution in [2.24, 2.45) is 0 Å². The van der Waals surface area contributed by atoms with Crippen molar-refractivity contribution < 1.29 is 62.8 Å². The Hall–Kier alpha value is 1.93. The maximum Gasteiger partial charge on any atom is 5.00 e. The summed E-state index contributed by atoms with van der Waals surface area (Å²) in [4.78, 5) is 0. The molecule has 0 aliphatic heterocycles. The third-order valence-electron chi connectivity index (χ3n) is 0. The van der Waals surface area contributed by atoms with E-state index in [9.17, 15) is 0 Å². The van der Waals surface area contributed by atoms with Crippen LogP contribution in [0.1, 0.15) is 0 Å². The first kappa shape index (κ1) is 151. The molecule has 0 bridgehead atoms. The van der Waals surface area contributed by atoms with Crippen molar-refractivity contribution in [2.45, 2.75) is 0 Å². The van der Waals surface area contributed by atoms with E-state index in [1.54, 1.807) is 0 Å². The van der Waals surface area contributed by atoms with Gasteiger partial charge in [0.05, 0.1) is 0 Å². The van der Waals surface area contributed by atoms with Crippen molar-refractivity contribution in [3.8, 4) is 0 Å². The Bertz CT molecular complexity index is 11.7. The van der Waals surface area contributed by atoms with Crippen LogP contribution in [-0.2, 0) is 62.8 Å². The van der Waals surface area contributed by atoms with Gasteiger partial charge in [-0.1, -0.05) is 0 Å². The summed E-state index contributed by atoms with van der Waals surface area (Å²) in [6, 6.07) is 0. The SMILES string of the molecule is [Ag+].[Mg+2].[O-2].[O-2].[O-2].[O-2].[V+5]. The molecule has 0 aromatic rings. The molecular weight excluding hydrogens is 247 g/mol. The number of rotatable bonds is 0. The summed E-state index contributed by atoms with van der Waals surface area (Å²) in [7, 11) is 0. The topological polar surface area (TPSA) is 114 Å². The molecule has 0 unspecified atom stereocenters. The zero-order valence-corrected chi connectivity index (χ0v) is 7.38. The van der Waals surface area contributed by atoms with Gasteiger partial charge in [0, 0.05) is 0 Å². The Balaban J connectivity index is 0. The maximum absolute atomic E-state index is 0. The summed E-state index contributed by atoms with van der Waals surface area (Å²) in [5, 5.41) is 0. The van der Waals surface area contributed by atoms with Gasteiger partial charge in [-0.2, -0.15) is 0 Å². The van der Waals surface area contributed by atoms with E-state index in [-0.39, 0.29) is 85.9 Å². The van der Waals surface area contributed by atoms with Gasteiger partial charge in [0.1, 0.15) is 0 Å². The van der Waals surface area contributed by atoms with Crippen LogP contribution in [0.15, 0.2) is 0 Å².